The maximum atomic E-state index is 13.1. The topological polar surface area (TPSA) is 84.5 Å². The van der Waals surface area contributed by atoms with E-state index in [0.717, 1.165) is 0 Å². The van der Waals surface area contributed by atoms with Gasteiger partial charge in [-0.3, -0.25) is 9.59 Å². The number of esters is 1. The average Bonchev–Trinajstić information content (AvgIpc) is 2.71. The van der Waals surface area contributed by atoms with Crippen molar-refractivity contribution in [3.63, 3.8) is 0 Å². The fourth-order valence-electron chi connectivity index (χ4n) is 3.09. The van der Waals surface area contributed by atoms with Gasteiger partial charge in [0.1, 0.15) is 6.54 Å². The smallest absolute Gasteiger partial charge is 0.465 e. The quantitative estimate of drug-likeness (QED) is 0.160. The van der Waals surface area contributed by atoms with Crippen LogP contribution in [0.15, 0.2) is 34.0 Å². The number of carbonyl (C=O) groups is 1. The van der Waals surface area contributed by atoms with Crippen molar-refractivity contribution in [2.45, 2.75) is 18.4 Å². The van der Waals surface area contributed by atoms with Crippen LogP contribution in [-0.4, -0.2) is 48.6 Å². The third-order valence-corrected chi connectivity index (χ3v) is 5.57. The van der Waals surface area contributed by atoms with Gasteiger partial charge in [-0.05, 0) is 37.9 Å². The van der Waals surface area contributed by atoms with Crippen LogP contribution < -0.4 is 56.8 Å². The monoisotopic (exact) mass is 473 g/mol. The summed E-state index contributed by atoms with van der Waals surface area (Å²) in [5.74, 6) is 0.0351. The maximum Gasteiger partial charge on any atom is 1.00 e. The summed E-state index contributed by atoms with van der Waals surface area (Å²) in [6.07, 6.45) is 1.87. The van der Waals surface area contributed by atoms with Crippen molar-refractivity contribution in [1.82, 2.24) is 9.55 Å². The summed E-state index contributed by atoms with van der Waals surface area (Å²) in [7, 11) is 1.60. The zero-order valence-electron chi connectivity index (χ0n) is 17.4. The molecule has 0 radical (unpaired) electrons. The van der Waals surface area contributed by atoms with Crippen molar-refractivity contribution in [2.24, 2.45) is 0 Å². The molecular formula is C20H21ClKN3O4S. The summed E-state index contributed by atoms with van der Waals surface area (Å²) >= 11 is 7.79. The minimum atomic E-state index is -0.422. The second kappa shape index (κ2) is 11.8. The van der Waals surface area contributed by atoms with Crippen LogP contribution in [0.4, 0.5) is 5.82 Å². The van der Waals surface area contributed by atoms with Gasteiger partial charge in [0.25, 0.3) is 0 Å². The molecule has 3 aromatic rings. The third kappa shape index (κ3) is 5.39. The van der Waals surface area contributed by atoms with Crippen LogP contribution in [0.5, 0.6) is 0 Å². The standard InChI is InChI=1S/C20H22ClN3O4S.K/c1-4-28-16(25)11-24-17-12(5-7-14(21)19(17)29-3)18(26)13-6-8-15(23-20(13)24)22-9-10-27-2;/h5-8H,4,9-11H2,1-3H3,(H,22,23,26);/q;+1/p-1. The number of halogens is 1. The molecule has 154 valence electrons. The Balaban J connectivity index is 0.00000320. The predicted octanol–water partition coefficient (Wildman–Crippen LogP) is 1.14. The first-order valence-corrected chi connectivity index (χ1v) is 10.6. The predicted molar refractivity (Wildman–Crippen MR) is 117 cm³/mol. The molecule has 2 heterocycles. The van der Waals surface area contributed by atoms with Crippen molar-refractivity contribution in [3.8, 4) is 0 Å². The van der Waals surface area contributed by atoms with Gasteiger partial charge in [0.05, 0.1) is 22.0 Å². The van der Waals surface area contributed by atoms with E-state index < -0.39 is 5.97 Å². The van der Waals surface area contributed by atoms with E-state index in [4.69, 9.17) is 21.1 Å². The molecule has 0 aliphatic rings. The summed E-state index contributed by atoms with van der Waals surface area (Å²) in [6.45, 7) is 2.81. The molecule has 10 heteroatoms. The van der Waals surface area contributed by atoms with E-state index >= 15 is 0 Å². The van der Waals surface area contributed by atoms with Crippen LogP contribution in [-0.2, 0) is 20.8 Å². The molecule has 1 aromatic carbocycles. The normalized spacial score (nSPS) is 10.8. The molecule has 0 aliphatic carbocycles. The fourth-order valence-corrected chi connectivity index (χ4v) is 4.15. The van der Waals surface area contributed by atoms with E-state index in [1.54, 1.807) is 42.9 Å². The second-order valence-electron chi connectivity index (χ2n) is 6.11. The zero-order chi connectivity index (χ0) is 21.0. The molecule has 0 saturated carbocycles. The van der Waals surface area contributed by atoms with Crippen LogP contribution in [0.1, 0.15) is 6.92 Å². The number of fused-ring (bicyclic) bond motifs is 2. The van der Waals surface area contributed by atoms with Crippen molar-refractivity contribution in [2.75, 3.05) is 33.1 Å². The van der Waals surface area contributed by atoms with Crippen LogP contribution in [0.25, 0.3) is 27.3 Å². The first-order valence-electron chi connectivity index (χ1n) is 9.03. The molecular weight excluding hydrogens is 453 g/mol. The van der Waals surface area contributed by atoms with Gasteiger partial charge >= 0.3 is 57.4 Å². The average molecular weight is 474 g/mol. The summed E-state index contributed by atoms with van der Waals surface area (Å²) in [5.41, 5.74) is 0.766. The number of ether oxygens (including phenoxy) is 2. The molecule has 0 atom stereocenters. The van der Waals surface area contributed by atoms with Crippen molar-refractivity contribution < 1.29 is 65.7 Å². The van der Waals surface area contributed by atoms with Gasteiger partial charge in [-0.15, -0.1) is 11.8 Å². The number of rotatable bonds is 8. The van der Waals surface area contributed by atoms with E-state index in [0.29, 0.717) is 50.8 Å². The Kier molecular flexibility index (Phi) is 10.1. The third-order valence-electron chi connectivity index (χ3n) is 4.32. The van der Waals surface area contributed by atoms with Crippen molar-refractivity contribution in [3.05, 3.63) is 44.8 Å². The van der Waals surface area contributed by atoms with Crippen molar-refractivity contribution in [1.29, 1.82) is 0 Å². The van der Waals surface area contributed by atoms with Gasteiger partial charge in [-0.2, -0.15) is 0 Å². The Bertz CT molecular complexity index is 1120. The van der Waals surface area contributed by atoms with E-state index in [1.165, 1.54) is 11.8 Å². The Hall–Kier alpha value is -0.654. The number of thioether (sulfide) groups is 1. The molecule has 0 spiro atoms. The summed E-state index contributed by atoms with van der Waals surface area (Å²) in [6, 6.07) is 6.74. The van der Waals surface area contributed by atoms with E-state index in [-0.39, 0.29) is 70.0 Å². The van der Waals surface area contributed by atoms with Crippen LogP contribution in [0.2, 0.25) is 5.02 Å². The van der Waals surface area contributed by atoms with E-state index in [1.807, 2.05) is 6.26 Å². The molecule has 3 rings (SSSR count). The van der Waals surface area contributed by atoms with Crippen LogP contribution in [0, 0.1) is 0 Å². The van der Waals surface area contributed by atoms with Gasteiger partial charge < -0.3 is 24.3 Å². The number of hydrogen-bond acceptors (Lipinski definition) is 6. The van der Waals surface area contributed by atoms with Crippen LogP contribution in [0.3, 0.4) is 0 Å². The largest absolute Gasteiger partial charge is 1.00 e. The number of pyridine rings is 2. The molecule has 0 amide bonds. The molecule has 0 fully saturated rings. The number of nitrogens with zero attached hydrogens (tertiary/aromatic N) is 3. The van der Waals surface area contributed by atoms with Crippen LogP contribution >= 0.6 is 23.4 Å². The van der Waals surface area contributed by atoms with E-state index in [2.05, 4.69) is 10.3 Å². The molecule has 0 N–H and O–H groups in total. The minimum Gasteiger partial charge on any atom is -0.465 e. The van der Waals surface area contributed by atoms with Gasteiger partial charge in [0.15, 0.2) is 5.43 Å². The number of hydrogen-bond donors (Lipinski definition) is 0. The second-order valence-corrected chi connectivity index (χ2v) is 7.34. The molecule has 2 aromatic heterocycles. The fraction of sp³-hybridized carbons (Fsp3) is 0.350. The number of carbonyl (C=O) groups excluding carboxylic acids is 1. The zero-order valence-corrected chi connectivity index (χ0v) is 22.1. The Morgan fingerprint density at radius 1 is 1.27 bits per heavy atom. The van der Waals surface area contributed by atoms with Gasteiger partial charge in [0, 0.05) is 30.1 Å². The Morgan fingerprint density at radius 3 is 2.67 bits per heavy atom. The van der Waals surface area contributed by atoms with E-state index in [9.17, 15) is 9.59 Å². The Labute approximate surface area is 226 Å². The summed E-state index contributed by atoms with van der Waals surface area (Å²) < 4.78 is 11.9. The van der Waals surface area contributed by atoms with Crippen molar-refractivity contribution >= 4 is 57.1 Å². The van der Waals surface area contributed by atoms with Gasteiger partial charge in [-0.1, -0.05) is 23.5 Å². The minimum absolute atomic E-state index is 0. The number of methoxy groups -OCH3 is 1. The molecule has 30 heavy (non-hydrogen) atoms. The molecule has 0 saturated heterocycles. The number of benzene rings is 1. The number of aromatic nitrogens is 2. The molecule has 0 bridgehead atoms. The SMILES string of the molecule is CCOC(=O)Cn1c2nc([N-]CCOC)ccc2c(=O)c2ccc(Cl)c(SC)c21.[K+]. The molecule has 0 aliphatic heterocycles. The van der Waals surface area contributed by atoms with Gasteiger partial charge in [0.2, 0.25) is 0 Å². The summed E-state index contributed by atoms with van der Waals surface area (Å²) in [4.78, 5) is 30.7. The molecule has 7 nitrogen and oxygen atoms in total. The van der Waals surface area contributed by atoms with Gasteiger partial charge in [-0.25, -0.2) is 0 Å². The maximum absolute atomic E-state index is 13.1. The summed E-state index contributed by atoms with van der Waals surface area (Å²) in [5, 5.41) is 5.75. The molecule has 0 unspecified atom stereocenters. The first-order chi connectivity index (χ1) is 14.0. The Morgan fingerprint density at radius 2 is 2.00 bits per heavy atom. The first kappa shape index (κ1) is 25.6.